The van der Waals surface area contributed by atoms with Gasteiger partial charge in [-0.05, 0) is 66.8 Å². The lowest BCUT2D eigenvalue weighted by atomic mass is 9.88. The van der Waals surface area contributed by atoms with E-state index >= 15 is 0 Å². The lowest BCUT2D eigenvalue weighted by molar-refractivity contribution is 0.00484. The van der Waals surface area contributed by atoms with E-state index in [0.29, 0.717) is 102 Å². The number of ether oxygens (including phenoxy) is 7. The average molecular weight is 795 g/mol. The molecule has 0 fully saturated rings. The highest BCUT2D eigenvalue weighted by Gasteiger charge is 2.24. The van der Waals surface area contributed by atoms with E-state index in [4.69, 9.17) is 83.7 Å². The SMILES string of the molecule is COc1c2cc(CS)cc1Cc1cc(CS)cc3c1OCCOCCOCCOCCOc1c(cc(CS)cc1Cc1cc(CS)cc(c1OC)C3)C2. The van der Waals surface area contributed by atoms with Crippen molar-refractivity contribution in [2.45, 2.75) is 48.7 Å². The number of hydrogen-bond acceptors (Lipinski definition) is 11. The van der Waals surface area contributed by atoms with Crippen molar-refractivity contribution >= 4 is 50.5 Å². The fourth-order valence-corrected chi connectivity index (χ4v) is 8.12. The molecule has 1 heterocycles. The van der Waals surface area contributed by atoms with Crippen molar-refractivity contribution < 1.29 is 33.2 Å². The highest BCUT2D eigenvalue weighted by Crippen LogP contribution is 2.41. The van der Waals surface area contributed by atoms with E-state index in [1.807, 2.05) is 0 Å². The van der Waals surface area contributed by atoms with Crippen LogP contribution in [0.2, 0.25) is 0 Å². The summed E-state index contributed by atoms with van der Waals surface area (Å²) in [6, 6.07) is 17.6. The molecule has 0 amide bonds. The van der Waals surface area contributed by atoms with E-state index in [1.54, 1.807) is 14.2 Å². The van der Waals surface area contributed by atoms with Crippen LogP contribution in [-0.2, 0) is 62.9 Å². The van der Waals surface area contributed by atoms with Gasteiger partial charge >= 0.3 is 0 Å². The van der Waals surface area contributed by atoms with Gasteiger partial charge in [-0.3, -0.25) is 0 Å². The molecule has 1 aliphatic carbocycles. The zero-order valence-corrected chi connectivity index (χ0v) is 34.2. The Morgan fingerprint density at radius 1 is 0.396 bits per heavy atom. The molecule has 6 rings (SSSR count). The van der Waals surface area contributed by atoms with Crippen LogP contribution in [0.4, 0.5) is 0 Å². The Morgan fingerprint density at radius 3 is 0.887 bits per heavy atom. The van der Waals surface area contributed by atoms with E-state index in [1.165, 1.54) is 0 Å². The molecule has 7 nitrogen and oxygen atoms in total. The Morgan fingerprint density at radius 2 is 0.642 bits per heavy atom. The van der Waals surface area contributed by atoms with Gasteiger partial charge in [-0.2, -0.15) is 50.5 Å². The zero-order valence-electron chi connectivity index (χ0n) is 30.6. The van der Waals surface area contributed by atoms with Gasteiger partial charge in [-0.1, -0.05) is 48.5 Å². The van der Waals surface area contributed by atoms with E-state index < -0.39 is 0 Å². The molecule has 0 radical (unpaired) electrons. The van der Waals surface area contributed by atoms with Crippen molar-refractivity contribution in [2.24, 2.45) is 0 Å². The highest BCUT2D eigenvalue weighted by atomic mass is 32.1. The summed E-state index contributed by atoms with van der Waals surface area (Å²) in [6.07, 6.45) is 2.33. The summed E-state index contributed by atoms with van der Waals surface area (Å²) in [5.41, 5.74) is 12.9. The third kappa shape index (κ3) is 9.97. The Hall–Kier alpha value is -2.64. The third-order valence-electron chi connectivity index (χ3n) is 9.56. The first-order valence-corrected chi connectivity index (χ1v) is 20.6. The fraction of sp³-hybridized carbons (Fsp3) is 0.429. The molecule has 0 N–H and O–H groups in total. The molecular formula is C42H50O7S4. The first kappa shape index (κ1) is 40.0. The Kier molecular flexibility index (Phi) is 15.0. The summed E-state index contributed by atoms with van der Waals surface area (Å²) in [4.78, 5) is 0. The van der Waals surface area contributed by atoms with Crippen molar-refractivity contribution in [3.05, 3.63) is 115 Å². The highest BCUT2D eigenvalue weighted by molar-refractivity contribution is 7.79. The molecule has 284 valence electrons. The molecule has 11 heteroatoms. The van der Waals surface area contributed by atoms with Crippen LogP contribution in [-0.4, -0.2) is 67.1 Å². The summed E-state index contributed by atoms with van der Waals surface area (Å²) in [7, 11) is 3.50. The Bertz CT molecular complexity index is 1630. The predicted molar refractivity (Wildman–Crippen MR) is 224 cm³/mol. The van der Waals surface area contributed by atoms with E-state index in [9.17, 15) is 0 Å². The molecule has 4 aromatic rings. The minimum absolute atomic E-state index is 0.381. The second-order valence-electron chi connectivity index (χ2n) is 13.3. The van der Waals surface area contributed by atoms with Crippen molar-refractivity contribution in [1.82, 2.24) is 0 Å². The predicted octanol–water partition coefficient (Wildman–Crippen LogP) is 7.92. The summed E-state index contributed by atoms with van der Waals surface area (Å²) in [5, 5.41) is 0. The molecule has 4 aromatic carbocycles. The van der Waals surface area contributed by atoms with Crippen molar-refractivity contribution in [3.63, 3.8) is 0 Å². The van der Waals surface area contributed by atoms with Gasteiger partial charge in [0.2, 0.25) is 0 Å². The molecule has 0 saturated heterocycles. The van der Waals surface area contributed by atoms with Gasteiger partial charge in [0.1, 0.15) is 36.2 Å². The molecule has 0 aromatic heterocycles. The van der Waals surface area contributed by atoms with Crippen molar-refractivity contribution in [2.75, 3.05) is 67.1 Å². The second-order valence-corrected chi connectivity index (χ2v) is 14.5. The summed E-state index contributed by atoms with van der Waals surface area (Å²) < 4.78 is 43.6. The number of fused-ring (bicyclic) bond motifs is 2. The van der Waals surface area contributed by atoms with Crippen molar-refractivity contribution in [3.8, 4) is 23.0 Å². The van der Waals surface area contributed by atoms with Gasteiger partial charge in [-0.25, -0.2) is 0 Å². The maximum Gasteiger partial charge on any atom is 0.126 e. The largest absolute Gasteiger partial charge is 0.496 e. The van der Waals surface area contributed by atoms with E-state index in [-0.39, 0.29) is 0 Å². The normalized spacial score (nSPS) is 15.6. The standard InChI is InChI=1S/C42H50O7S4/c1-43-39-31-11-27(23-50)12-32(39)20-36-16-30(26-53)18-38-22-34-14-28(24-51)13-33(40(34)44-2)21-37-17-29(25-52)15-35(19-31)41(37)48-9-7-46-5-3-45-4-6-47-8-10-49-42(36)38/h11-18,50-53H,3-10,19-26H2,1-2H3. The first-order chi connectivity index (χ1) is 26.0. The van der Waals surface area contributed by atoms with Crippen LogP contribution in [0, 0.1) is 0 Å². The Labute approximate surface area is 336 Å². The molecule has 10 bridgehead atoms. The molecule has 0 spiro atoms. The third-order valence-corrected chi connectivity index (χ3v) is 11.0. The van der Waals surface area contributed by atoms with Crippen LogP contribution in [0.15, 0.2) is 48.5 Å². The van der Waals surface area contributed by atoms with Gasteiger partial charge in [0.25, 0.3) is 0 Å². The van der Waals surface area contributed by atoms with Crippen LogP contribution in [0.5, 0.6) is 23.0 Å². The number of methoxy groups -OCH3 is 2. The topological polar surface area (TPSA) is 64.6 Å². The fourth-order valence-electron chi connectivity index (χ4n) is 7.39. The summed E-state index contributed by atoms with van der Waals surface area (Å²) >= 11 is 19.0. The second kappa shape index (κ2) is 19.8. The van der Waals surface area contributed by atoms with Gasteiger partial charge in [0, 0.05) is 48.7 Å². The van der Waals surface area contributed by atoms with Gasteiger partial charge in [-0.15, -0.1) is 0 Å². The number of thiol groups is 4. The van der Waals surface area contributed by atoms with Gasteiger partial charge < -0.3 is 33.2 Å². The van der Waals surface area contributed by atoms with Gasteiger partial charge in [0.15, 0.2) is 0 Å². The zero-order chi connectivity index (χ0) is 37.2. The molecule has 0 saturated carbocycles. The number of rotatable bonds is 6. The molecule has 0 unspecified atom stereocenters. The minimum Gasteiger partial charge on any atom is -0.496 e. The van der Waals surface area contributed by atoms with Crippen LogP contribution < -0.4 is 18.9 Å². The molecule has 2 aliphatic rings. The van der Waals surface area contributed by atoms with E-state index in [0.717, 1.165) is 89.8 Å². The quantitative estimate of drug-likeness (QED) is 0.130. The number of hydrogen-bond donors (Lipinski definition) is 4. The van der Waals surface area contributed by atoms with Crippen molar-refractivity contribution in [1.29, 1.82) is 0 Å². The minimum atomic E-state index is 0.381. The van der Waals surface area contributed by atoms with Crippen LogP contribution in [0.25, 0.3) is 0 Å². The average Bonchev–Trinajstić information content (AvgIpc) is 3.16. The first-order valence-electron chi connectivity index (χ1n) is 18.1. The van der Waals surface area contributed by atoms with Crippen LogP contribution in [0.1, 0.15) is 66.8 Å². The van der Waals surface area contributed by atoms with Crippen LogP contribution >= 0.6 is 50.5 Å². The maximum atomic E-state index is 6.71. The van der Waals surface area contributed by atoms with E-state index in [2.05, 4.69) is 48.5 Å². The molecule has 0 atom stereocenters. The molecule has 1 aliphatic heterocycles. The summed E-state index contributed by atoms with van der Waals surface area (Å²) in [5.74, 6) is 5.68. The number of benzene rings is 4. The van der Waals surface area contributed by atoms with Crippen LogP contribution in [0.3, 0.4) is 0 Å². The maximum absolute atomic E-state index is 6.71. The van der Waals surface area contributed by atoms with Gasteiger partial charge in [0.05, 0.1) is 53.9 Å². The smallest absolute Gasteiger partial charge is 0.126 e. The lowest BCUT2D eigenvalue weighted by Crippen LogP contribution is -2.16. The monoisotopic (exact) mass is 794 g/mol. The molecule has 53 heavy (non-hydrogen) atoms. The Balaban J connectivity index is 1.64. The summed E-state index contributed by atoms with van der Waals surface area (Å²) in [6.45, 7) is 3.48. The molecular weight excluding hydrogens is 745 g/mol. The lowest BCUT2D eigenvalue weighted by Gasteiger charge is -2.24.